The molecule has 0 spiro atoms. The first-order valence-corrected chi connectivity index (χ1v) is 6.27. The molecule has 1 atom stereocenters. The molecule has 0 N–H and O–H groups in total. The van der Waals surface area contributed by atoms with Crippen LogP contribution in [0.3, 0.4) is 0 Å². The normalized spacial score (nSPS) is 17.9. The lowest BCUT2D eigenvalue weighted by Crippen LogP contribution is -2.14. The van der Waals surface area contributed by atoms with Crippen molar-refractivity contribution in [2.75, 3.05) is 0 Å². The lowest BCUT2D eigenvalue weighted by Gasteiger charge is -2.22. The third-order valence-electron chi connectivity index (χ3n) is 2.65. The van der Waals surface area contributed by atoms with Gasteiger partial charge in [0, 0.05) is 5.56 Å². The van der Waals surface area contributed by atoms with Gasteiger partial charge in [-0.15, -0.1) is 11.3 Å². The van der Waals surface area contributed by atoms with Crippen LogP contribution in [0.5, 0.6) is 0 Å². The van der Waals surface area contributed by atoms with Crippen molar-refractivity contribution >= 4 is 22.9 Å². The summed E-state index contributed by atoms with van der Waals surface area (Å²) in [6.07, 6.45) is 1.70. The van der Waals surface area contributed by atoms with Crippen molar-refractivity contribution < 1.29 is 4.74 Å². The molecule has 1 aliphatic rings. The summed E-state index contributed by atoms with van der Waals surface area (Å²) in [4.78, 5) is 5.59. The minimum atomic E-state index is -0.110. The summed E-state index contributed by atoms with van der Waals surface area (Å²) in [5, 5.41) is 2.02. The standard InChI is InChI=1S/C14H11NOS/c1-2-12-10-6-3-4-7-11(10)15-14(16-12)13-8-5-9-17-13/h2-9,12H,1H2/t12-/m1/s1. The lowest BCUT2D eigenvalue weighted by molar-refractivity contribution is 0.238. The van der Waals surface area contributed by atoms with Crippen LogP contribution in [0.1, 0.15) is 16.5 Å². The highest BCUT2D eigenvalue weighted by Gasteiger charge is 2.22. The Labute approximate surface area is 104 Å². The zero-order chi connectivity index (χ0) is 11.7. The molecule has 0 fully saturated rings. The molecule has 3 rings (SSSR count). The Morgan fingerprint density at radius 3 is 2.88 bits per heavy atom. The number of nitrogens with zero attached hydrogens (tertiary/aromatic N) is 1. The second kappa shape index (κ2) is 4.18. The zero-order valence-corrected chi connectivity index (χ0v) is 9.98. The molecule has 1 aromatic heterocycles. The van der Waals surface area contributed by atoms with Gasteiger partial charge in [0.15, 0.2) is 0 Å². The highest BCUT2D eigenvalue weighted by Crippen LogP contribution is 2.35. The maximum atomic E-state index is 5.85. The fourth-order valence-electron chi connectivity index (χ4n) is 1.84. The van der Waals surface area contributed by atoms with Gasteiger partial charge in [-0.1, -0.05) is 30.8 Å². The van der Waals surface area contributed by atoms with E-state index >= 15 is 0 Å². The SMILES string of the molecule is C=C[C@H]1OC(c2cccs2)=Nc2ccccc21. The van der Waals surface area contributed by atoms with Crippen molar-refractivity contribution in [2.24, 2.45) is 4.99 Å². The number of hydrogen-bond acceptors (Lipinski definition) is 3. The average Bonchev–Trinajstić information content (AvgIpc) is 2.91. The predicted octanol–water partition coefficient (Wildman–Crippen LogP) is 4.08. The van der Waals surface area contributed by atoms with Gasteiger partial charge in [-0.25, -0.2) is 4.99 Å². The van der Waals surface area contributed by atoms with Crippen LogP contribution in [-0.2, 0) is 4.74 Å². The molecule has 0 saturated heterocycles. The van der Waals surface area contributed by atoms with Gasteiger partial charge in [0.05, 0.1) is 10.6 Å². The molecule has 0 radical (unpaired) electrons. The van der Waals surface area contributed by atoms with E-state index in [1.54, 1.807) is 17.4 Å². The van der Waals surface area contributed by atoms with E-state index in [1.165, 1.54) is 0 Å². The molecule has 1 aromatic carbocycles. The Balaban J connectivity index is 2.11. The molecule has 17 heavy (non-hydrogen) atoms. The van der Waals surface area contributed by atoms with Crippen molar-refractivity contribution in [3.63, 3.8) is 0 Å². The van der Waals surface area contributed by atoms with Crippen LogP contribution in [0.4, 0.5) is 5.69 Å². The maximum absolute atomic E-state index is 5.85. The summed E-state index contributed by atoms with van der Waals surface area (Å²) in [5.74, 6) is 0.684. The molecule has 3 heteroatoms. The molecule has 2 heterocycles. The predicted molar refractivity (Wildman–Crippen MR) is 71.0 cm³/mol. The van der Waals surface area contributed by atoms with E-state index in [9.17, 15) is 0 Å². The highest BCUT2D eigenvalue weighted by atomic mass is 32.1. The molecule has 0 amide bonds. The summed E-state index contributed by atoms with van der Waals surface area (Å²) < 4.78 is 5.85. The molecule has 2 aromatic rings. The zero-order valence-electron chi connectivity index (χ0n) is 9.17. The first-order valence-electron chi connectivity index (χ1n) is 5.39. The molecule has 1 aliphatic heterocycles. The molecule has 2 nitrogen and oxygen atoms in total. The summed E-state index contributed by atoms with van der Waals surface area (Å²) in [6, 6.07) is 12.0. The van der Waals surface area contributed by atoms with Crippen molar-refractivity contribution in [1.29, 1.82) is 0 Å². The summed E-state index contributed by atoms with van der Waals surface area (Å²) >= 11 is 1.63. The van der Waals surface area contributed by atoms with Gasteiger partial charge in [0.25, 0.3) is 0 Å². The Kier molecular flexibility index (Phi) is 2.53. The number of rotatable bonds is 2. The number of hydrogen-bond donors (Lipinski definition) is 0. The van der Waals surface area contributed by atoms with Crippen molar-refractivity contribution in [2.45, 2.75) is 6.10 Å². The number of benzene rings is 1. The molecular weight excluding hydrogens is 230 g/mol. The van der Waals surface area contributed by atoms with Crippen LogP contribution in [0.15, 0.2) is 59.4 Å². The van der Waals surface area contributed by atoms with Crippen LogP contribution in [0, 0.1) is 0 Å². The van der Waals surface area contributed by atoms with Crippen LogP contribution in [0.2, 0.25) is 0 Å². The van der Waals surface area contributed by atoms with Crippen LogP contribution in [0.25, 0.3) is 0 Å². The van der Waals surface area contributed by atoms with E-state index in [4.69, 9.17) is 4.74 Å². The van der Waals surface area contributed by atoms with Gasteiger partial charge in [-0.3, -0.25) is 0 Å². The number of thiophene rings is 1. The Morgan fingerprint density at radius 2 is 2.12 bits per heavy atom. The smallest absolute Gasteiger partial charge is 0.232 e. The fraction of sp³-hybridized carbons (Fsp3) is 0.0714. The summed E-state index contributed by atoms with van der Waals surface area (Å²) in [6.45, 7) is 3.82. The van der Waals surface area contributed by atoms with E-state index in [0.29, 0.717) is 5.90 Å². The number of fused-ring (bicyclic) bond motifs is 1. The van der Waals surface area contributed by atoms with Gasteiger partial charge >= 0.3 is 0 Å². The Hall–Kier alpha value is -1.87. The molecule has 84 valence electrons. The van der Waals surface area contributed by atoms with E-state index in [2.05, 4.69) is 11.6 Å². The van der Waals surface area contributed by atoms with E-state index in [-0.39, 0.29) is 6.10 Å². The van der Waals surface area contributed by atoms with Crippen molar-refractivity contribution in [3.05, 3.63) is 64.9 Å². The monoisotopic (exact) mass is 241 g/mol. The molecule has 0 aliphatic carbocycles. The van der Waals surface area contributed by atoms with Crippen LogP contribution >= 0.6 is 11.3 Å². The second-order valence-electron chi connectivity index (χ2n) is 3.73. The van der Waals surface area contributed by atoms with Gasteiger partial charge in [0.1, 0.15) is 6.10 Å². The Morgan fingerprint density at radius 1 is 1.24 bits per heavy atom. The van der Waals surface area contributed by atoms with Crippen LogP contribution in [-0.4, -0.2) is 5.90 Å². The molecule has 0 unspecified atom stereocenters. The third kappa shape index (κ3) is 1.78. The Bertz CT molecular complexity index is 572. The van der Waals surface area contributed by atoms with Crippen molar-refractivity contribution in [1.82, 2.24) is 0 Å². The van der Waals surface area contributed by atoms with Gasteiger partial charge in [-0.2, -0.15) is 0 Å². The number of para-hydroxylation sites is 1. The van der Waals surface area contributed by atoms with Gasteiger partial charge in [0.2, 0.25) is 5.90 Å². The second-order valence-corrected chi connectivity index (χ2v) is 4.67. The quantitative estimate of drug-likeness (QED) is 0.726. The minimum absolute atomic E-state index is 0.110. The van der Waals surface area contributed by atoms with E-state index < -0.39 is 0 Å². The first kappa shape index (κ1) is 10.3. The molecule has 0 bridgehead atoms. The number of ether oxygens (including phenoxy) is 1. The molecule has 0 saturated carbocycles. The van der Waals surface area contributed by atoms with E-state index in [0.717, 1.165) is 16.1 Å². The highest BCUT2D eigenvalue weighted by molar-refractivity contribution is 7.12. The molecular formula is C14H11NOS. The fourth-order valence-corrected chi connectivity index (χ4v) is 2.49. The van der Waals surface area contributed by atoms with Crippen LogP contribution < -0.4 is 0 Å². The van der Waals surface area contributed by atoms with Gasteiger partial charge in [-0.05, 0) is 23.6 Å². The first-order chi connectivity index (χ1) is 8.38. The van der Waals surface area contributed by atoms with Crippen molar-refractivity contribution in [3.8, 4) is 0 Å². The number of aliphatic imine (C=N–C) groups is 1. The maximum Gasteiger partial charge on any atom is 0.232 e. The minimum Gasteiger partial charge on any atom is -0.464 e. The van der Waals surface area contributed by atoms with Gasteiger partial charge < -0.3 is 4.74 Å². The lowest BCUT2D eigenvalue weighted by atomic mass is 10.1. The topological polar surface area (TPSA) is 21.6 Å². The average molecular weight is 241 g/mol. The largest absolute Gasteiger partial charge is 0.464 e. The summed E-state index contributed by atoms with van der Waals surface area (Å²) in [7, 11) is 0. The summed E-state index contributed by atoms with van der Waals surface area (Å²) in [5.41, 5.74) is 2.04. The third-order valence-corrected chi connectivity index (χ3v) is 3.51. The van der Waals surface area contributed by atoms with E-state index in [1.807, 2.05) is 41.8 Å².